The lowest BCUT2D eigenvalue weighted by Crippen LogP contribution is -2.54. The molecule has 208 valence electrons. The second-order valence-corrected chi connectivity index (χ2v) is 12.3. The summed E-state index contributed by atoms with van der Waals surface area (Å²) in [6.45, 7) is 7.44. The van der Waals surface area contributed by atoms with Crippen LogP contribution < -0.4 is 9.62 Å². The fourth-order valence-electron chi connectivity index (χ4n) is 4.51. The molecule has 0 aliphatic rings. The molecule has 0 saturated carbocycles. The summed E-state index contributed by atoms with van der Waals surface area (Å²) in [5.74, 6) is -0.696. The van der Waals surface area contributed by atoms with Gasteiger partial charge in [0.05, 0.1) is 11.9 Å². The van der Waals surface area contributed by atoms with E-state index in [1.54, 1.807) is 12.1 Å². The molecule has 0 aliphatic carbocycles. The van der Waals surface area contributed by atoms with Gasteiger partial charge in [0, 0.05) is 19.0 Å². The minimum atomic E-state index is -3.81. The first kappa shape index (κ1) is 29.9. The van der Waals surface area contributed by atoms with Crippen molar-refractivity contribution in [1.29, 1.82) is 0 Å². The van der Waals surface area contributed by atoms with E-state index in [4.69, 9.17) is 0 Å². The van der Waals surface area contributed by atoms with Gasteiger partial charge < -0.3 is 10.2 Å². The van der Waals surface area contributed by atoms with E-state index in [1.807, 2.05) is 100 Å². The highest BCUT2D eigenvalue weighted by Crippen LogP contribution is 2.29. The number of hydrogen-bond acceptors (Lipinski definition) is 4. The van der Waals surface area contributed by atoms with Gasteiger partial charge in [0.15, 0.2) is 0 Å². The minimum Gasteiger partial charge on any atom is -0.352 e. The van der Waals surface area contributed by atoms with Gasteiger partial charge in [0.1, 0.15) is 12.6 Å². The summed E-state index contributed by atoms with van der Waals surface area (Å²) in [6.07, 6.45) is 1.39. The Morgan fingerprint density at radius 3 is 1.87 bits per heavy atom. The number of nitrogens with one attached hydrogen (secondary N) is 1. The van der Waals surface area contributed by atoms with E-state index >= 15 is 0 Å². The van der Waals surface area contributed by atoms with Crippen LogP contribution in [0.3, 0.4) is 0 Å². The maximum Gasteiger partial charge on any atom is 0.244 e. The molecule has 0 fully saturated rings. The summed E-state index contributed by atoms with van der Waals surface area (Å²) in [7, 11) is -3.81. The van der Waals surface area contributed by atoms with Crippen molar-refractivity contribution in [3.8, 4) is 0 Å². The molecule has 0 unspecified atom stereocenters. The standard InChI is InChI=1S/C31H39N3O4S/c1-23(2)27-18-12-13-19-28(27)34(39(5,37)38)22-30(35)33(21-26-16-10-7-11-17-26)29(31(36)32-24(3)4)20-25-14-8-6-9-15-25/h6-19,23-24,29H,20-22H2,1-5H3,(H,32,36)/t29-/m1/s1. The molecule has 3 rings (SSSR count). The van der Waals surface area contributed by atoms with Gasteiger partial charge >= 0.3 is 0 Å². The Bertz CT molecular complexity index is 1340. The van der Waals surface area contributed by atoms with Crippen LogP contribution in [-0.2, 0) is 32.6 Å². The summed E-state index contributed by atoms with van der Waals surface area (Å²) in [5.41, 5.74) is 3.03. The number of hydrogen-bond donors (Lipinski definition) is 1. The van der Waals surface area contributed by atoms with Gasteiger partial charge in [0.25, 0.3) is 0 Å². The molecule has 39 heavy (non-hydrogen) atoms. The number of para-hydroxylation sites is 1. The SMILES string of the molecule is CC(C)NC(=O)[C@@H](Cc1ccccc1)N(Cc1ccccc1)C(=O)CN(c1ccccc1C(C)C)S(C)(=O)=O. The fraction of sp³-hybridized carbons (Fsp3) is 0.355. The van der Waals surface area contributed by atoms with Gasteiger partial charge in [0.2, 0.25) is 21.8 Å². The van der Waals surface area contributed by atoms with Crippen LogP contribution in [0.2, 0.25) is 0 Å². The van der Waals surface area contributed by atoms with Crippen molar-refractivity contribution in [2.45, 2.75) is 58.7 Å². The van der Waals surface area contributed by atoms with Gasteiger partial charge in [-0.1, -0.05) is 92.7 Å². The molecule has 0 heterocycles. The Labute approximate surface area is 232 Å². The topological polar surface area (TPSA) is 86.8 Å². The number of carbonyl (C=O) groups excluding carboxylic acids is 2. The lowest BCUT2D eigenvalue weighted by Gasteiger charge is -2.34. The van der Waals surface area contributed by atoms with E-state index in [-0.39, 0.29) is 24.4 Å². The van der Waals surface area contributed by atoms with Crippen LogP contribution >= 0.6 is 0 Å². The summed E-state index contributed by atoms with van der Waals surface area (Å²) in [4.78, 5) is 29.2. The molecule has 0 saturated heterocycles. The van der Waals surface area contributed by atoms with Gasteiger partial charge in [-0.05, 0) is 42.5 Å². The molecular formula is C31H39N3O4S. The van der Waals surface area contributed by atoms with Crippen LogP contribution in [0.4, 0.5) is 5.69 Å². The second-order valence-electron chi connectivity index (χ2n) is 10.4. The fourth-order valence-corrected chi connectivity index (χ4v) is 5.38. The van der Waals surface area contributed by atoms with Crippen LogP contribution in [0.25, 0.3) is 0 Å². The quantitative estimate of drug-likeness (QED) is 0.354. The molecule has 3 aromatic rings. The van der Waals surface area contributed by atoms with Crippen LogP contribution in [0.15, 0.2) is 84.9 Å². The van der Waals surface area contributed by atoms with E-state index in [1.165, 1.54) is 4.90 Å². The number of sulfonamides is 1. The molecule has 2 amide bonds. The lowest BCUT2D eigenvalue weighted by atomic mass is 10.0. The molecule has 0 spiro atoms. The zero-order valence-corrected chi connectivity index (χ0v) is 24.2. The van der Waals surface area contributed by atoms with Gasteiger partial charge in [-0.25, -0.2) is 8.42 Å². The summed E-state index contributed by atoms with van der Waals surface area (Å²) >= 11 is 0. The molecule has 1 atom stereocenters. The first-order valence-electron chi connectivity index (χ1n) is 13.2. The van der Waals surface area contributed by atoms with Crippen molar-refractivity contribution in [3.05, 3.63) is 102 Å². The number of anilines is 1. The van der Waals surface area contributed by atoms with Crippen LogP contribution in [0.1, 0.15) is 50.3 Å². The van der Waals surface area contributed by atoms with Crippen molar-refractivity contribution in [1.82, 2.24) is 10.2 Å². The van der Waals surface area contributed by atoms with Gasteiger partial charge in [-0.3, -0.25) is 13.9 Å². The summed E-state index contributed by atoms with van der Waals surface area (Å²) < 4.78 is 27.2. The third kappa shape index (κ3) is 8.42. The molecular weight excluding hydrogens is 510 g/mol. The second kappa shape index (κ2) is 13.4. The Balaban J connectivity index is 2.07. The largest absolute Gasteiger partial charge is 0.352 e. The first-order chi connectivity index (χ1) is 18.5. The average Bonchev–Trinajstić information content (AvgIpc) is 2.89. The van der Waals surface area contributed by atoms with E-state index in [9.17, 15) is 18.0 Å². The predicted molar refractivity (Wildman–Crippen MR) is 157 cm³/mol. The number of nitrogens with zero attached hydrogens (tertiary/aromatic N) is 2. The summed E-state index contributed by atoms with van der Waals surface area (Å²) in [5, 5.41) is 2.96. The predicted octanol–water partition coefficient (Wildman–Crippen LogP) is 4.74. The molecule has 0 aliphatic heterocycles. The van der Waals surface area contributed by atoms with Crippen LogP contribution in [0.5, 0.6) is 0 Å². The van der Waals surface area contributed by atoms with Gasteiger partial charge in [-0.2, -0.15) is 0 Å². The van der Waals surface area contributed by atoms with E-state index in [0.717, 1.165) is 27.3 Å². The maximum atomic E-state index is 14.1. The van der Waals surface area contributed by atoms with Gasteiger partial charge in [-0.15, -0.1) is 0 Å². The van der Waals surface area contributed by atoms with Crippen LogP contribution in [0, 0.1) is 0 Å². The third-order valence-corrected chi connectivity index (χ3v) is 7.53. The summed E-state index contributed by atoms with van der Waals surface area (Å²) in [6, 6.07) is 25.2. The number of carbonyl (C=O) groups is 2. The monoisotopic (exact) mass is 549 g/mol. The Morgan fingerprint density at radius 2 is 1.33 bits per heavy atom. The van der Waals surface area contributed by atoms with E-state index < -0.39 is 28.5 Å². The lowest BCUT2D eigenvalue weighted by molar-refractivity contribution is -0.140. The Kier molecular flexibility index (Phi) is 10.3. The molecule has 0 aromatic heterocycles. The van der Waals surface area contributed by atoms with Crippen molar-refractivity contribution in [3.63, 3.8) is 0 Å². The Morgan fingerprint density at radius 1 is 0.795 bits per heavy atom. The smallest absolute Gasteiger partial charge is 0.244 e. The highest BCUT2D eigenvalue weighted by atomic mass is 32.2. The van der Waals surface area contributed by atoms with E-state index in [2.05, 4.69) is 5.32 Å². The van der Waals surface area contributed by atoms with Crippen molar-refractivity contribution >= 4 is 27.5 Å². The maximum absolute atomic E-state index is 14.1. The molecule has 0 radical (unpaired) electrons. The van der Waals surface area contributed by atoms with E-state index in [0.29, 0.717) is 12.1 Å². The first-order valence-corrected chi connectivity index (χ1v) is 15.1. The van der Waals surface area contributed by atoms with Crippen molar-refractivity contribution < 1.29 is 18.0 Å². The molecule has 1 N–H and O–H groups in total. The third-order valence-electron chi connectivity index (χ3n) is 6.40. The molecule has 3 aromatic carbocycles. The zero-order valence-electron chi connectivity index (χ0n) is 23.4. The molecule has 0 bridgehead atoms. The number of rotatable bonds is 12. The number of amides is 2. The van der Waals surface area contributed by atoms with Crippen LogP contribution in [-0.4, -0.2) is 50.0 Å². The Hall–Kier alpha value is -3.65. The van der Waals surface area contributed by atoms with Crippen molar-refractivity contribution in [2.24, 2.45) is 0 Å². The zero-order chi connectivity index (χ0) is 28.6. The average molecular weight is 550 g/mol. The number of benzene rings is 3. The normalized spacial score (nSPS) is 12.3. The highest BCUT2D eigenvalue weighted by Gasteiger charge is 2.33. The molecule has 8 heteroatoms. The highest BCUT2D eigenvalue weighted by molar-refractivity contribution is 7.92. The molecule has 7 nitrogen and oxygen atoms in total. The minimum absolute atomic E-state index is 0.0450. The van der Waals surface area contributed by atoms with Crippen molar-refractivity contribution in [2.75, 3.05) is 17.1 Å².